The van der Waals surface area contributed by atoms with Crippen molar-refractivity contribution < 1.29 is 14.3 Å². The minimum Gasteiger partial charge on any atom is -0.487 e. The van der Waals surface area contributed by atoms with E-state index >= 15 is 0 Å². The van der Waals surface area contributed by atoms with Crippen molar-refractivity contribution in [2.75, 3.05) is 6.61 Å². The van der Waals surface area contributed by atoms with Crippen molar-refractivity contribution in [1.82, 2.24) is 4.57 Å². The standard InChI is InChI=1S/C33H23ClI2N2O4S2/c1-2-41-32(40)27-28(19-9-4-3-5-10-19)37-33-38(29(27)25-13-8-14-43-25)31(39)26(44-33)16-21-15-22(35)17-24(36)30(21)42-18-20-11-6-7-12-23(20)34/h3-17,29H,2,18H2,1H3/b26-16-/t29-/m1/s1. The Labute approximate surface area is 293 Å². The molecule has 0 amide bonds. The predicted molar refractivity (Wildman–Crippen MR) is 193 cm³/mol. The van der Waals surface area contributed by atoms with Crippen molar-refractivity contribution in [3.05, 3.63) is 143 Å². The molecule has 0 aliphatic carbocycles. The maximum atomic E-state index is 14.2. The van der Waals surface area contributed by atoms with E-state index in [9.17, 15) is 9.59 Å². The zero-order valence-corrected chi connectivity index (χ0v) is 29.8. The lowest BCUT2D eigenvalue weighted by molar-refractivity contribution is -0.138. The molecule has 5 aromatic rings. The first-order chi connectivity index (χ1) is 21.4. The number of carbonyl (C=O) groups excluding carboxylic acids is 1. The first-order valence-electron chi connectivity index (χ1n) is 13.5. The van der Waals surface area contributed by atoms with Crippen LogP contribution in [-0.4, -0.2) is 17.1 Å². The number of thiazole rings is 1. The van der Waals surface area contributed by atoms with E-state index in [2.05, 4.69) is 45.2 Å². The van der Waals surface area contributed by atoms with Crippen molar-refractivity contribution in [1.29, 1.82) is 0 Å². The number of thiophene rings is 1. The summed E-state index contributed by atoms with van der Waals surface area (Å²) < 4.78 is 15.8. The van der Waals surface area contributed by atoms with Gasteiger partial charge in [0.25, 0.3) is 5.56 Å². The Balaban J connectivity index is 1.54. The number of nitrogens with zero attached hydrogens (tertiary/aromatic N) is 2. The van der Waals surface area contributed by atoms with Gasteiger partial charge >= 0.3 is 5.97 Å². The molecule has 1 aliphatic rings. The molecule has 3 heterocycles. The summed E-state index contributed by atoms with van der Waals surface area (Å²) in [4.78, 5) is 34.1. The van der Waals surface area contributed by atoms with Crippen LogP contribution in [0.15, 0.2) is 99.6 Å². The number of hydrogen-bond acceptors (Lipinski definition) is 7. The molecule has 1 atom stereocenters. The van der Waals surface area contributed by atoms with E-state index in [0.29, 0.717) is 31.4 Å². The molecule has 222 valence electrons. The van der Waals surface area contributed by atoms with Crippen LogP contribution < -0.4 is 19.6 Å². The second kappa shape index (κ2) is 13.7. The van der Waals surface area contributed by atoms with Crippen molar-refractivity contribution >= 4 is 97.2 Å². The Kier molecular flexibility index (Phi) is 9.71. The van der Waals surface area contributed by atoms with E-state index in [1.165, 1.54) is 22.7 Å². The van der Waals surface area contributed by atoms with Crippen LogP contribution >= 0.6 is 79.5 Å². The summed E-state index contributed by atoms with van der Waals surface area (Å²) in [5, 5.41) is 2.56. The van der Waals surface area contributed by atoms with E-state index in [1.54, 1.807) is 11.5 Å². The molecule has 0 spiro atoms. The molecule has 3 aromatic carbocycles. The third-order valence-electron chi connectivity index (χ3n) is 6.84. The summed E-state index contributed by atoms with van der Waals surface area (Å²) in [6.45, 7) is 2.25. The Morgan fingerprint density at radius 3 is 2.57 bits per heavy atom. The van der Waals surface area contributed by atoms with Crippen molar-refractivity contribution in [2.24, 2.45) is 4.99 Å². The van der Waals surface area contributed by atoms with Crippen LogP contribution in [0.5, 0.6) is 5.75 Å². The number of carbonyl (C=O) groups is 1. The number of rotatable bonds is 8. The smallest absolute Gasteiger partial charge is 0.338 e. The summed E-state index contributed by atoms with van der Waals surface area (Å²) in [5.74, 6) is 0.161. The molecule has 6 nitrogen and oxygen atoms in total. The van der Waals surface area contributed by atoms with Gasteiger partial charge in [-0.25, -0.2) is 9.79 Å². The van der Waals surface area contributed by atoms with Crippen molar-refractivity contribution in [2.45, 2.75) is 19.6 Å². The lowest BCUT2D eigenvalue weighted by Gasteiger charge is -2.24. The van der Waals surface area contributed by atoms with E-state index < -0.39 is 12.0 Å². The zero-order valence-electron chi connectivity index (χ0n) is 23.1. The number of halogens is 3. The van der Waals surface area contributed by atoms with E-state index in [1.807, 2.05) is 90.3 Å². The molecule has 0 saturated heterocycles. The molecule has 2 aromatic heterocycles. The fourth-order valence-corrected chi connectivity index (χ4v) is 8.95. The number of ether oxygens (including phenoxy) is 2. The van der Waals surface area contributed by atoms with Gasteiger partial charge in [-0.05, 0) is 87.8 Å². The van der Waals surface area contributed by atoms with Crippen molar-refractivity contribution in [3.8, 4) is 5.75 Å². The van der Waals surface area contributed by atoms with Gasteiger partial charge in [0.1, 0.15) is 18.4 Å². The van der Waals surface area contributed by atoms with Gasteiger partial charge in [-0.3, -0.25) is 9.36 Å². The molecular formula is C33H23ClI2N2O4S2. The van der Waals surface area contributed by atoms with Gasteiger partial charge in [-0.2, -0.15) is 0 Å². The third-order valence-corrected chi connectivity index (χ3v) is 10.5. The molecule has 0 saturated carbocycles. The Morgan fingerprint density at radius 2 is 1.84 bits per heavy atom. The van der Waals surface area contributed by atoms with Crippen LogP contribution in [0.25, 0.3) is 11.8 Å². The van der Waals surface area contributed by atoms with Crippen molar-refractivity contribution in [3.63, 3.8) is 0 Å². The summed E-state index contributed by atoms with van der Waals surface area (Å²) in [5.41, 5.74) is 3.00. The molecular weight excluding hydrogens is 842 g/mol. The van der Waals surface area contributed by atoms with Gasteiger partial charge in [0.2, 0.25) is 0 Å². The molecule has 0 fully saturated rings. The van der Waals surface area contributed by atoms with Gasteiger partial charge in [0.05, 0.1) is 26.0 Å². The third kappa shape index (κ3) is 6.32. The highest BCUT2D eigenvalue weighted by molar-refractivity contribution is 14.1. The number of benzene rings is 3. The van der Waals surface area contributed by atoms with Crippen LogP contribution in [0.4, 0.5) is 0 Å². The second-order valence-corrected chi connectivity index (χ2v) is 14.4. The second-order valence-electron chi connectivity index (χ2n) is 9.63. The van der Waals surface area contributed by atoms with Gasteiger partial charge in [-0.1, -0.05) is 77.5 Å². The van der Waals surface area contributed by atoms with Crippen LogP contribution in [0, 0.1) is 7.14 Å². The molecule has 44 heavy (non-hydrogen) atoms. The Hall–Kier alpha value is -2.78. The number of esters is 1. The minimum atomic E-state index is -0.686. The van der Waals surface area contributed by atoms with E-state index in [4.69, 9.17) is 26.1 Å². The molecule has 0 radical (unpaired) electrons. The fourth-order valence-electron chi connectivity index (χ4n) is 4.90. The molecule has 1 aliphatic heterocycles. The van der Waals surface area contributed by atoms with Gasteiger partial charge in [0, 0.05) is 30.2 Å². The van der Waals surface area contributed by atoms with E-state index in [-0.39, 0.29) is 18.8 Å². The average molecular weight is 865 g/mol. The first kappa shape index (κ1) is 31.2. The molecule has 0 bridgehead atoms. The van der Waals surface area contributed by atoms with Crippen LogP contribution in [0.3, 0.4) is 0 Å². The quantitative estimate of drug-likeness (QED) is 0.120. The molecule has 11 heteroatoms. The first-order valence-corrected chi connectivity index (χ1v) is 17.8. The van der Waals surface area contributed by atoms with Gasteiger partial charge in [-0.15, -0.1) is 11.3 Å². The predicted octanol–water partition coefficient (Wildman–Crippen LogP) is 7.44. The highest BCUT2D eigenvalue weighted by Crippen LogP contribution is 2.37. The number of aromatic nitrogens is 1. The van der Waals surface area contributed by atoms with Crippen LogP contribution in [0.2, 0.25) is 5.02 Å². The Bertz CT molecular complexity index is 2070. The molecule has 0 N–H and O–H groups in total. The Morgan fingerprint density at radius 1 is 1.07 bits per heavy atom. The normalized spacial score (nSPS) is 14.7. The lowest BCUT2D eigenvalue weighted by atomic mass is 9.97. The van der Waals surface area contributed by atoms with Gasteiger partial charge in [0.15, 0.2) is 4.80 Å². The zero-order chi connectivity index (χ0) is 30.8. The highest BCUT2D eigenvalue weighted by atomic mass is 127. The lowest BCUT2D eigenvalue weighted by Crippen LogP contribution is -2.39. The average Bonchev–Trinajstić information content (AvgIpc) is 3.65. The van der Waals surface area contributed by atoms with E-state index in [0.717, 1.165) is 28.7 Å². The topological polar surface area (TPSA) is 69.9 Å². The molecule has 6 rings (SSSR count). The minimum absolute atomic E-state index is 0.203. The summed E-state index contributed by atoms with van der Waals surface area (Å²) >= 11 is 13.7. The molecule has 0 unspecified atom stereocenters. The van der Waals surface area contributed by atoms with Gasteiger partial charge < -0.3 is 9.47 Å². The monoisotopic (exact) mass is 864 g/mol. The summed E-state index contributed by atoms with van der Waals surface area (Å²) in [6, 6.07) is 24.3. The van der Waals surface area contributed by atoms with Crippen LogP contribution in [0.1, 0.15) is 34.5 Å². The maximum Gasteiger partial charge on any atom is 0.338 e. The summed E-state index contributed by atoms with van der Waals surface area (Å²) in [6.07, 6.45) is 1.85. The fraction of sp³-hybridized carbons (Fsp3) is 0.121. The SMILES string of the molecule is CCOC(=O)C1=C(c2ccccc2)N=c2s/c(=C\c3cc(I)cc(I)c3OCc3ccccc3Cl)c(=O)n2[C@@H]1c1cccs1. The largest absolute Gasteiger partial charge is 0.487 e. The van der Waals surface area contributed by atoms with Crippen LogP contribution in [-0.2, 0) is 16.1 Å². The number of hydrogen-bond donors (Lipinski definition) is 0. The number of fused-ring (bicyclic) bond motifs is 1. The highest BCUT2D eigenvalue weighted by Gasteiger charge is 2.35. The maximum absolute atomic E-state index is 14.2. The summed E-state index contributed by atoms with van der Waals surface area (Å²) in [7, 11) is 0.